The summed E-state index contributed by atoms with van der Waals surface area (Å²) >= 11 is 1.46. The number of ketones is 1. The van der Waals surface area contributed by atoms with Crippen LogP contribution in [-0.2, 0) is 13.0 Å². The summed E-state index contributed by atoms with van der Waals surface area (Å²) in [5, 5.41) is 3.40. The molecule has 0 unspecified atom stereocenters. The highest BCUT2D eigenvalue weighted by Gasteiger charge is 2.27. The molecule has 0 fully saturated rings. The minimum atomic E-state index is -0.238. The normalized spacial score (nSPS) is 13.8. The molecule has 30 heavy (non-hydrogen) atoms. The van der Waals surface area contributed by atoms with E-state index in [1.807, 2.05) is 29.6 Å². The molecule has 0 aliphatic heterocycles. The average molecular weight is 422 g/mol. The molecule has 2 heterocycles. The standard InChI is InChI=1S/C24H24FN3OS/c1-3-27(4-2)11-12-28-19-8-5-15-16(7-10-21(15)29)22(19)23-20(28)9-6-17(24(23)25)18-13-30-14-26-18/h5-6,8-9,13-14H,3-4,7,10-12H2,1-2H3. The molecule has 2 aromatic carbocycles. The van der Waals surface area contributed by atoms with E-state index in [1.165, 1.54) is 11.3 Å². The van der Waals surface area contributed by atoms with Gasteiger partial charge in [0.2, 0.25) is 0 Å². The zero-order valence-corrected chi connectivity index (χ0v) is 18.1. The maximum atomic E-state index is 15.9. The number of hydrogen-bond acceptors (Lipinski definition) is 4. The topological polar surface area (TPSA) is 38.1 Å². The molecule has 0 spiro atoms. The number of halogens is 1. The molecule has 1 aliphatic carbocycles. The highest BCUT2D eigenvalue weighted by molar-refractivity contribution is 7.07. The Labute approximate surface area is 178 Å². The SMILES string of the molecule is CCN(CC)CCn1c2ccc(-c3cscn3)c(F)c2c2c3c(ccc21)C(=O)CC3. The average Bonchev–Trinajstić information content (AvgIpc) is 3.48. The number of likely N-dealkylation sites (N-methyl/N-ethyl adjacent to an activating group) is 1. The summed E-state index contributed by atoms with van der Waals surface area (Å²) in [5.74, 6) is -0.0789. The second-order valence-electron chi connectivity index (χ2n) is 7.78. The number of benzene rings is 2. The van der Waals surface area contributed by atoms with E-state index >= 15 is 4.39 Å². The molecule has 0 radical (unpaired) electrons. The molecule has 154 valence electrons. The minimum absolute atomic E-state index is 0.159. The van der Waals surface area contributed by atoms with Gasteiger partial charge in [-0.25, -0.2) is 9.37 Å². The monoisotopic (exact) mass is 421 g/mol. The minimum Gasteiger partial charge on any atom is -0.339 e. The molecule has 6 heteroatoms. The third-order valence-electron chi connectivity index (χ3n) is 6.39. The van der Waals surface area contributed by atoms with E-state index in [4.69, 9.17) is 0 Å². The van der Waals surface area contributed by atoms with Crippen LogP contribution in [0.3, 0.4) is 0 Å². The van der Waals surface area contributed by atoms with Crippen LogP contribution in [0.5, 0.6) is 0 Å². The first-order chi connectivity index (χ1) is 14.6. The van der Waals surface area contributed by atoms with E-state index < -0.39 is 0 Å². The fraction of sp³-hybridized carbons (Fsp3) is 0.333. The highest BCUT2D eigenvalue weighted by atomic mass is 32.1. The van der Waals surface area contributed by atoms with Gasteiger partial charge in [-0.2, -0.15) is 0 Å². The summed E-state index contributed by atoms with van der Waals surface area (Å²) in [6.07, 6.45) is 1.19. The first kappa shape index (κ1) is 19.4. The van der Waals surface area contributed by atoms with Crippen LogP contribution in [0.4, 0.5) is 4.39 Å². The highest BCUT2D eigenvalue weighted by Crippen LogP contribution is 2.40. The predicted octanol–water partition coefficient (Wildman–Crippen LogP) is 5.53. The van der Waals surface area contributed by atoms with Gasteiger partial charge in [-0.1, -0.05) is 13.8 Å². The van der Waals surface area contributed by atoms with Crippen molar-refractivity contribution in [3.05, 3.63) is 52.1 Å². The molecule has 1 aliphatic rings. The Hall–Kier alpha value is -2.57. The number of rotatable bonds is 6. The first-order valence-corrected chi connectivity index (χ1v) is 11.5. The number of fused-ring (bicyclic) bond motifs is 5. The number of carbonyl (C=O) groups is 1. The molecule has 0 bridgehead atoms. The van der Waals surface area contributed by atoms with Crippen molar-refractivity contribution in [3.8, 4) is 11.3 Å². The Morgan fingerprint density at radius 3 is 2.50 bits per heavy atom. The number of Topliss-reactive ketones (excluding diaryl/α,β-unsaturated/α-hetero) is 1. The predicted molar refractivity (Wildman–Crippen MR) is 121 cm³/mol. The van der Waals surface area contributed by atoms with E-state index in [2.05, 4.69) is 28.3 Å². The van der Waals surface area contributed by atoms with Crippen LogP contribution in [0.25, 0.3) is 33.1 Å². The number of hydrogen-bond donors (Lipinski definition) is 0. The Bertz CT molecular complexity index is 1260. The molecule has 0 saturated carbocycles. The molecule has 5 rings (SSSR count). The summed E-state index contributed by atoms with van der Waals surface area (Å²) in [5.41, 5.74) is 6.56. The lowest BCUT2D eigenvalue weighted by atomic mass is 10.0. The maximum Gasteiger partial charge on any atom is 0.163 e. The largest absolute Gasteiger partial charge is 0.339 e. The Kier molecular flexibility index (Phi) is 4.91. The van der Waals surface area contributed by atoms with Gasteiger partial charge in [0.05, 0.1) is 16.7 Å². The van der Waals surface area contributed by atoms with E-state index in [1.54, 1.807) is 5.51 Å². The lowest BCUT2D eigenvalue weighted by molar-refractivity contribution is 0.0994. The van der Waals surface area contributed by atoms with Crippen LogP contribution in [0.15, 0.2) is 35.2 Å². The van der Waals surface area contributed by atoms with Crippen molar-refractivity contribution < 1.29 is 9.18 Å². The molecular weight excluding hydrogens is 397 g/mol. The number of nitrogens with zero attached hydrogens (tertiary/aromatic N) is 3. The fourth-order valence-corrected chi connectivity index (χ4v) is 5.31. The number of carbonyl (C=O) groups excluding carboxylic acids is 1. The van der Waals surface area contributed by atoms with Gasteiger partial charge in [0.25, 0.3) is 0 Å². The van der Waals surface area contributed by atoms with E-state index in [9.17, 15) is 4.79 Å². The van der Waals surface area contributed by atoms with Crippen LogP contribution in [0, 0.1) is 5.82 Å². The number of thiazole rings is 1. The van der Waals surface area contributed by atoms with Gasteiger partial charge < -0.3 is 9.47 Å². The van der Waals surface area contributed by atoms with Gasteiger partial charge >= 0.3 is 0 Å². The van der Waals surface area contributed by atoms with Crippen LogP contribution in [-0.4, -0.2) is 39.9 Å². The maximum absolute atomic E-state index is 15.9. The molecule has 0 N–H and O–H groups in total. The smallest absolute Gasteiger partial charge is 0.163 e. The molecule has 0 amide bonds. The Balaban J connectivity index is 1.79. The van der Waals surface area contributed by atoms with Crippen molar-refractivity contribution in [2.45, 2.75) is 33.2 Å². The van der Waals surface area contributed by atoms with Crippen molar-refractivity contribution in [2.75, 3.05) is 19.6 Å². The fourth-order valence-electron chi connectivity index (χ4n) is 4.76. The van der Waals surface area contributed by atoms with Gasteiger partial charge in [0.1, 0.15) is 5.82 Å². The van der Waals surface area contributed by atoms with Crippen molar-refractivity contribution in [1.82, 2.24) is 14.5 Å². The van der Waals surface area contributed by atoms with Crippen molar-refractivity contribution >= 4 is 38.9 Å². The first-order valence-electron chi connectivity index (χ1n) is 10.5. The molecule has 0 atom stereocenters. The van der Waals surface area contributed by atoms with Gasteiger partial charge in [0, 0.05) is 52.3 Å². The van der Waals surface area contributed by atoms with Crippen molar-refractivity contribution in [3.63, 3.8) is 0 Å². The van der Waals surface area contributed by atoms with Gasteiger partial charge in [0.15, 0.2) is 5.78 Å². The molecule has 4 nitrogen and oxygen atoms in total. The molecular formula is C24H24FN3OS. The van der Waals surface area contributed by atoms with Crippen LogP contribution in [0.2, 0.25) is 0 Å². The lowest BCUT2D eigenvalue weighted by Gasteiger charge is -2.19. The van der Waals surface area contributed by atoms with Crippen LogP contribution < -0.4 is 0 Å². The quantitative estimate of drug-likeness (QED) is 0.411. The molecule has 0 saturated heterocycles. The van der Waals surface area contributed by atoms with Crippen LogP contribution >= 0.6 is 11.3 Å². The summed E-state index contributed by atoms with van der Waals surface area (Å²) in [7, 11) is 0. The zero-order chi connectivity index (χ0) is 20.8. The second-order valence-corrected chi connectivity index (χ2v) is 8.50. The second kappa shape index (κ2) is 7.60. The van der Waals surface area contributed by atoms with Crippen molar-refractivity contribution in [1.29, 1.82) is 0 Å². The molecule has 2 aromatic heterocycles. The van der Waals surface area contributed by atoms with Gasteiger partial charge in [-0.05, 0) is 49.3 Å². The summed E-state index contributed by atoms with van der Waals surface area (Å²) in [6.45, 7) is 7.97. The van der Waals surface area contributed by atoms with E-state index in [-0.39, 0.29) is 11.6 Å². The number of aryl methyl sites for hydroxylation is 1. The number of aromatic nitrogens is 2. The Morgan fingerprint density at radius 1 is 1.07 bits per heavy atom. The Morgan fingerprint density at radius 2 is 1.80 bits per heavy atom. The van der Waals surface area contributed by atoms with Crippen molar-refractivity contribution in [2.24, 2.45) is 0 Å². The third kappa shape index (κ3) is 2.89. The van der Waals surface area contributed by atoms with E-state index in [0.29, 0.717) is 29.5 Å². The van der Waals surface area contributed by atoms with Gasteiger partial charge in [-0.3, -0.25) is 4.79 Å². The summed E-state index contributed by atoms with van der Waals surface area (Å²) < 4.78 is 18.2. The lowest BCUT2D eigenvalue weighted by Crippen LogP contribution is -2.26. The van der Waals surface area contributed by atoms with E-state index in [0.717, 1.165) is 53.7 Å². The van der Waals surface area contributed by atoms with Gasteiger partial charge in [-0.15, -0.1) is 11.3 Å². The summed E-state index contributed by atoms with van der Waals surface area (Å²) in [4.78, 5) is 19.1. The third-order valence-corrected chi connectivity index (χ3v) is 6.97. The van der Waals surface area contributed by atoms with Crippen LogP contribution in [0.1, 0.15) is 36.2 Å². The molecule has 4 aromatic rings. The zero-order valence-electron chi connectivity index (χ0n) is 17.2. The summed E-state index contributed by atoms with van der Waals surface area (Å²) in [6, 6.07) is 7.78.